The predicted molar refractivity (Wildman–Crippen MR) is 122 cm³/mol. The second-order valence-corrected chi connectivity index (χ2v) is 8.44. The van der Waals surface area contributed by atoms with Gasteiger partial charge in [-0.3, -0.25) is 9.35 Å². The smallest absolute Gasteiger partial charge is 0.295 e. The van der Waals surface area contributed by atoms with Crippen LogP contribution in [0.5, 0.6) is 0 Å². The molecule has 7 heteroatoms. The van der Waals surface area contributed by atoms with E-state index in [1.165, 1.54) is 12.5 Å². The van der Waals surface area contributed by atoms with Crippen LogP contribution >= 0.6 is 0 Å². The molecular weight excluding hydrogens is 376 g/mol. The molecule has 2 rings (SSSR count). The van der Waals surface area contributed by atoms with Gasteiger partial charge in [-0.05, 0) is 24.5 Å². The van der Waals surface area contributed by atoms with E-state index >= 15 is 0 Å². The summed E-state index contributed by atoms with van der Waals surface area (Å²) in [4.78, 5) is 11.6. The van der Waals surface area contributed by atoms with Crippen molar-refractivity contribution in [3.63, 3.8) is 0 Å². The Bertz CT molecular complexity index is 878. The molecule has 0 atom stereocenters. The quantitative estimate of drug-likeness (QED) is 0.407. The normalized spacial score (nSPS) is 11.1. The SMILES string of the molecule is CC(C)CCC(=O)NCCNc1cccc2c(S(=O)(=O)O)cccc12.CCC.[HH].[HH].[HH]. The fraction of sp³-hybridized carbons (Fsp3) is 0.476. The summed E-state index contributed by atoms with van der Waals surface area (Å²) >= 11 is 0. The zero-order valence-electron chi connectivity index (χ0n) is 17.2. The number of fused-ring (bicyclic) bond motifs is 1. The highest BCUT2D eigenvalue weighted by Gasteiger charge is 2.14. The maximum absolute atomic E-state index is 11.7. The van der Waals surface area contributed by atoms with E-state index in [0.29, 0.717) is 36.2 Å². The van der Waals surface area contributed by atoms with Gasteiger partial charge in [0.1, 0.15) is 4.90 Å². The first-order chi connectivity index (χ1) is 13.2. The molecule has 6 nitrogen and oxygen atoms in total. The minimum absolute atomic E-state index is 0. The molecule has 162 valence electrons. The Hall–Kier alpha value is -2.12. The molecule has 0 heterocycles. The van der Waals surface area contributed by atoms with Crippen LogP contribution in [0, 0.1) is 5.92 Å². The van der Waals surface area contributed by atoms with Crippen LogP contribution in [0.15, 0.2) is 41.3 Å². The van der Waals surface area contributed by atoms with E-state index in [-0.39, 0.29) is 15.1 Å². The molecule has 0 saturated carbocycles. The molecule has 0 aliphatic carbocycles. The number of rotatable bonds is 8. The Morgan fingerprint density at radius 2 is 1.68 bits per heavy atom. The summed E-state index contributed by atoms with van der Waals surface area (Å²) in [6.07, 6.45) is 2.63. The molecule has 0 saturated heterocycles. The molecule has 0 aliphatic heterocycles. The van der Waals surface area contributed by atoms with Gasteiger partial charge in [-0.2, -0.15) is 8.42 Å². The highest BCUT2D eigenvalue weighted by Crippen LogP contribution is 2.28. The number of amides is 1. The van der Waals surface area contributed by atoms with E-state index in [1.807, 2.05) is 6.07 Å². The van der Waals surface area contributed by atoms with Gasteiger partial charge in [0.05, 0.1) is 0 Å². The van der Waals surface area contributed by atoms with Gasteiger partial charge in [-0.15, -0.1) is 0 Å². The minimum atomic E-state index is -4.28. The molecule has 0 bridgehead atoms. The first-order valence-electron chi connectivity index (χ1n) is 9.70. The Labute approximate surface area is 172 Å². The van der Waals surface area contributed by atoms with Crippen LogP contribution in [0.4, 0.5) is 5.69 Å². The first kappa shape index (κ1) is 23.9. The van der Waals surface area contributed by atoms with Crippen molar-refractivity contribution in [2.75, 3.05) is 18.4 Å². The van der Waals surface area contributed by atoms with Gasteiger partial charge in [-0.25, -0.2) is 0 Å². The van der Waals surface area contributed by atoms with Crippen LogP contribution in [-0.2, 0) is 14.9 Å². The van der Waals surface area contributed by atoms with Gasteiger partial charge >= 0.3 is 0 Å². The molecule has 0 spiro atoms. The monoisotopic (exact) mass is 414 g/mol. The average molecular weight is 415 g/mol. The summed E-state index contributed by atoms with van der Waals surface area (Å²) in [6, 6.07) is 9.95. The lowest BCUT2D eigenvalue weighted by Gasteiger charge is -2.12. The van der Waals surface area contributed by atoms with Crippen molar-refractivity contribution in [1.82, 2.24) is 5.32 Å². The zero-order valence-corrected chi connectivity index (χ0v) is 18.0. The number of hydrogen-bond donors (Lipinski definition) is 3. The Balaban J connectivity index is -0.00000123. The van der Waals surface area contributed by atoms with E-state index in [0.717, 1.165) is 12.1 Å². The fourth-order valence-corrected chi connectivity index (χ4v) is 3.27. The molecular formula is C21H38N2O4S. The molecule has 0 fully saturated rings. The van der Waals surface area contributed by atoms with E-state index in [9.17, 15) is 17.8 Å². The van der Waals surface area contributed by atoms with Crippen molar-refractivity contribution >= 4 is 32.5 Å². The van der Waals surface area contributed by atoms with Gasteiger partial charge in [0.2, 0.25) is 5.91 Å². The molecule has 0 unspecified atom stereocenters. The first-order valence-corrected chi connectivity index (χ1v) is 11.1. The number of nitrogens with one attached hydrogen (secondary N) is 2. The summed E-state index contributed by atoms with van der Waals surface area (Å²) in [5.74, 6) is 0.527. The van der Waals surface area contributed by atoms with Gasteiger partial charge in [-0.1, -0.05) is 58.4 Å². The van der Waals surface area contributed by atoms with Crippen LogP contribution in [0.3, 0.4) is 0 Å². The summed E-state index contributed by atoms with van der Waals surface area (Å²) in [5, 5.41) is 7.20. The topological polar surface area (TPSA) is 95.5 Å². The van der Waals surface area contributed by atoms with Crippen molar-refractivity contribution in [3.05, 3.63) is 36.4 Å². The molecule has 28 heavy (non-hydrogen) atoms. The van der Waals surface area contributed by atoms with Crippen molar-refractivity contribution < 1.29 is 22.0 Å². The van der Waals surface area contributed by atoms with Crippen LogP contribution in [0.1, 0.15) is 51.2 Å². The maximum atomic E-state index is 11.7. The summed E-state index contributed by atoms with van der Waals surface area (Å²) in [7, 11) is -4.28. The van der Waals surface area contributed by atoms with Crippen LogP contribution in [0.25, 0.3) is 10.8 Å². The highest BCUT2D eigenvalue weighted by atomic mass is 32.2. The average Bonchev–Trinajstić information content (AvgIpc) is 2.63. The number of anilines is 1. The molecule has 0 aromatic heterocycles. The third-order valence-corrected chi connectivity index (χ3v) is 4.78. The summed E-state index contributed by atoms with van der Waals surface area (Å²) in [6.45, 7) is 9.40. The standard InChI is InChI=1S/C18H24N2O4S.C3H8.3H2/c1-13(2)9-10-18(21)20-12-11-19-16-7-3-6-15-14(16)5-4-8-17(15)25(22,23)24;1-3-2;;;/h3-8,13,19H,9-12H2,1-2H3,(H,20,21)(H,22,23,24);3H2,1-2H3;3*1H. The van der Waals surface area contributed by atoms with E-state index < -0.39 is 10.1 Å². The molecule has 3 N–H and O–H groups in total. The molecule has 2 aromatic rings. The van der Waals surface area contributed by atoms with Crippen LogP contribution in [0.2, 0.25) is 0 Å². The molecule has 0 radical (unpaired) electrons. The Kier molecular flexibility index (Phi) is 9.96. The molecule has 0 aliphatic rings. The van der Waals surface area contributed by atoms with Gasteiger partial charge < -0.3 is 10.6 Å². The van der Waals surface area contributed by atoms with Crippen molar-refractivity contribution in [2.24, 2.45) is 5.92 Å². The lowest BCUT2D eigenvalue weighted by Crippen LogP contribution is -2.28. The summed E-state index contributed by atoms with van der Waals surface area (Å²) < 4.78 is 32.3. The van der Waals surface area contributed by atoms with Crippen molar-refractivity contribution in [1.29, 1.82) is 0 Å². The van der Waals surface area contributed by atoms with Crippen molar-refractivity contribution in [2.45, 2.75) is 51.9 Å². The minimum Gasteiger partial charge on any atom is -0.383 e. The summed E-state index contributed by atoms with van der Waals surface area (Å²) in [5.41, 5.74) is 0.749. The number of hydrogen-bond acceptors (Lipinski definition) is 4. The van der Waals surface area contributed by atoms with Crippen molar-refractivity contribution in [3.8, 4) is 0 Å². The van der Waals surface area contributed by atoms with E-state index in [1.54, 1.807) is 24.3 Å². The molecule has 2 aromatic carbocycles. The fourth-order valence-electron chi connectivity index (χ4n) is 2.57. The predicted octanol–water partition coefficient (Wildman–Crippen LogP) is 5.21. The lowest BCUT2D eigenvalue weighted by molar-refractivity contribution is -0.121. The number of carbonyl (C=O) groups is 1. The maximum Gasteiger partial charge on any atom is 0.295 e. The zero-order chi connectivity index (χ0) is 21.2. The Morgan fingerprint density at radius 1 is 1.07 bits per heavy atom. The number of benzene rings is 2. The highest BCUT2D eigenvalue weighted by molar-refractivity contribution is 7.86. The van der Waals surface area contributed by atoms with Crippen LogP contribution < -0.4 is 10.6 Å². The lowest BCUT2D eigenvalue weighted by atomic mass is 10.1. The number of carbonyl (C=O) groups excluding carboxylic acids is 1. The largest absolute Gasteiger partial charge is 0.383 e. The third kappa shape index (κ3) is 7.86. The van der Waals surface area contributed by atoms with E-state index in [4.69, 9.17) is 0 Å². The third-order valence-electron chi connectivity index (χ3n) is 3.87. The van der Waals surface area contributed by atoms with Gasteiger partial charge in [0, 0.05) is 40.3 Å². The van der Waals surface area contributed by atoms with Gasteiger partial charge in [0.25, 0.3) is 10.1 Å². The second-order valence-electron chi connectivity index (χ2n) is 7.05. The van der Waals surface area contributed by atoms with E-state index in [2.05, 4.69) is 38.3 Å². The molecule has 1 amide bonds. The Morgan fingerprint density at radius 3 is 2.29 bits per heavy atom. The van der Waals surface area contributed by atoms with Gasteiger partial charge in [0.15, 0.2) is 0 Å². The second kappa shape index (κ2) is 11.7. The van der Waals surface area contributed by atoms with Crippen LogP contribution in [-0.4, -0.2) is 32.0 Å².